The summed E-state index contributed by atoms with van der Waals surface area (Å²) in [5.41, 5.74) is 0.757. The number of rotatable bonds is 4. The third-order valence-corrected chi connectivity index (χ3v) is 2.17. The van der Waals surface area contributed by atoms with E-state index in [4.69, 9.17) is 0 Å². The first-order valence-electron chi connectivity index (χ1n) is 4.51. The smallest absolute Gasteiger partial charge is 0.141 e. The van der Waals surface area contributed by atoms with Gasteiger partial charge < -0.3 is 0 Å². The molecule has 0 saturated heterocycles. The molecule has 1 atom stereocenters. The van der Waals surface area contributed by atoms with Crippen LogP contribution < -0.4 is 0 Å². The average molecular weight is 181 g/mol. The van der Waals surface area contributed by atoms with E-state index in [0.717, 1.165) is 12.1 Å². The molecule has 1 unspecified atom stereocenters. The first-order valence-corrected chi connectivity index (χ1v) is 4.51. The Labute approximate surface area is 77.9 Å². The van der Waals surface area contributed by atoms with Gasteiger partial charge in [-0.25, -0.2) is 0 Å². The third kappa shape index (κ3) is 2.65. The second-order valence-electron chi connectivity index (χ2n) is 3.34. The summed E-state index contributed by atoms with van der Waals surface area (Å²) in [7, 11) is 1.80. The van der Waals surface area contributed by atoms with Crippen LogP contribution in [0.4, 0.5) is 0 Å². The van der Waals surface area contributed by atoms with Crippen LogP contribution in [0, 0.1) is 5.92 Å². The van der Waals surface area contributed by atoms with Gasteiger partial charge in [-0.1, -0.05) is 19.1 Å². The van der Waals surface area contributed by atoms with Crippen LogP contribution in [-0.4, -0.2) is 20.8 Å². The van der Waals surface area contributed by atoms with E-state index in [2.05, 4.69) is 10.3 Å². The van der Waals surface area contributed by atoms with Gasteiger partial charge in [-0.2, -0.15) is 0 Å². The normalized spacial score (nSPS) is 12.8. The molecule has 0 aliphatic heterocycles. The number of carbonyl (C=O) groups excluding carboxylic acids is 1. The molecule has 1 aromatic rings. The molecule has 0 N–H and O–H groups in total. The topological polar surface area (TPSA) is 47.8 Å². The molecule has 1 heterocycles. The minimum atomic E-state index is 0.127. The second-order valence-corrected chi connectivity index (χ2v) is 3.34. The van der Waals surface area contributed by atoms with Crippen molar-refractivity contribution in [2.24, 2.45) is 13.0 Å². The van der Waals surface area contributed by atoms with Gasteiger partial charge in [0.2, 0.25) is 0 Å². The summed E-state index contributed by atoms with van der Waals surface area (Å²) in [6, 6.07) is 0. The molecule has 0 bridgehead atoms. The maximum absolute atomic E-state index is 11.5. The lowest BCUT2D eigenvalue weighted by Gasteiger charge is -2.04. The Hall–Kier alpha value is -1.19. The monoisotopic (exact) mass is 181 g/mol. The molecule has 0 aromatic carbocycles. The highest BCUT2D eigenvalue weighted by molar-refractivity contribution is 5.82. The van der Waals surface area contributed by atoms with E-state index in [1.165, 1.54) is 0 Å². The molecule has 13 heavy (non-hydrogen) atoms. The van der Waals surface area contributed by atoms with Crippen LogP contribution in [-0.2, 0) is 18.3 Å². The van der Waals surface area contributed by atoms with Crippen molar-refractivity contribution in [2.45, 2.75) is 26.7 Å². The summed E-state index contributed by atoms with van der Waals surface area (Å²) in [5, 5.41) is 7.63. The molecule has 4 heteroatoms. The van der Waals surface area contributed by atoms with Gasteiger partial charge in [0.15, 0.2) is 0 Å². The first kappa shape index (κ1) is 9.89. The molecule has 0 radical (unpaired) electrons. The van der Waals surface area contributed by atoms with Gasteiger partial charge in [-0.15, -0.1) is 5.10 Å². The van der Waals surface area contributed by atoms with Crippen LogP contribution >= 0.6 is 0 Å². The number of nitrogens with zero attached hydrogens (tertiary/aromatic N) is 3. The van der Waals surface area contributed by atoms with E-state index in [-0.39, 0.29) is 11.7 Å². The van der Waals surface area contributed by atoms with Crippen LogP contribution in [0.15, 0.2) is 6.20 Å². The van der Waals surface area contributed by atoms with Gasteiger partial charge in [0.25, 0.3) is 0 Å². The summed E-state index contributed by atoms with van der Waals surface area (Å²) in [5.74, 6) is 0.366. The number of hydrogen-bond acceptors (Lipinski definition) is 3. The molecule has 0 aliphatic carbocycles. The van der Waals surface area contributed by atoms with Crippen molar-refractivity contribution in [3.05, 3.63) is 11.9 Å². The minimum Gasteiger partial charge on any atom is -0.299 e. The highest BCUT2D eigenvalue weighted by Crippen LogP contribution is 2.06. The van der Waals surface area contributed by atoms with Crippen LogP contribution in [0.25, 0.3) is 0 Å². The van der Waals surface area contributed by atoms with E-state index < -0.39 is 0 Å². The zero-order valence-corrected chi connectivity index (χ0v) is 8.32. The zero-order chi connectivity index (χ0) is 9.84. The lowest BCUT2D eigenvalue weighted by Crippen LogP contribution is -2.12. The first-order chi connectivity index (χ1) is 6.13. The van der Waals surface area contributed by atoms with E-state index >= 15 is 0 Å². The zero-order valence-electron chi connectivity index (χ0n) is 8.32. The predicted molar refractivity (Wildman–Crippen MR) is 49.2 cm³/mol. The van der Waals surface area contributed by atoms with Crippen molar-refractivity contribution in [2.75, 3.05) is 0 Å². The minimum absolute atomic E-state index is 0.127. The van der Waals surface area contributed by atoms with Crippen molar-refractivity contribution in [3.8, 4) is 0 Å². The Bertz CT molecular complexity index is 293. The molecule has 0 amide bonds. The van der Waals surface area contributed by atoms with Gasteiger partial charge in [0, 0.05) is 19.2 Å². The summed E-state index contributed by atoms with van der Waals surface area (Å²) < 4.78 is 1.61. The Balaban J connectivity index is 2.54. The molecule has 72 valence electrons. The number of aryl methyl sites for hydroxylation is 1. The van der Waals surface area contributed by atoms with Crippen molar-refractivity contribution >= 4 is 5.78 Å². The molecule has 0 spiro atoms. The summed E-state index contributed by atoms with van der Waals surface area (Å²) in [6.45, 7) is 3.96. The highest BCUT2D eigenvalue weighted by atomic mass is 16.1. The lowest BCUT2D eigenvalue weighted by molar-refractivity contribution is -0.121. The maximum Gasteiger partial charge on any atom is 0.141 e. The Kier molecular flexibility index (Phi) is 3.17. The number of hydrogen-bond donors (Lipinski definition) is 0. The lowest BCUT2D eigenvalue weighted by atomic mass is 10.0. The molecule has 0 saturated carbocycles. The average Bonchev–Trinajstić information content (AvgIpc) is 2.49. The van der Waals surface area contributed by atoms with Crippen LogP contribution in [0.5, 0.6) is 0 Å². The van der Waals surface area contributed by atoms with Gasteiger partial charge >= 0.3 is 0 Å². The third-order valence-electron chi connectivity index (χ3n) is 2.17. The number of Topliss-reactive ketones (excluding diaryl/α,β-unsaturated/α-hetero) is 1. The van der Waals surface area contributed by atoms with Crippen molar-refractivity contribution in [3.63, 3.8) is 0 Å². The fourth-order valence-corrected chi connectivity index (χ4v) is 1.06. The van der Waals surface area contributed by atoms with Gasteiger partial charge in [-0.3, -0.25) is 9.48 Å². The van der Waals surface area contributed by atoms with Crippen molar-refractivity contribution in [1.82, 2.24) is 15.0 Å². The van der Waals surface area contributed by atoms with E-state index in [9.17, 15) is 4.79 Å². The standard InChI is InChI=1S/C9H15N3O/c1-4-7(2)9(13)5-8-6-12(3)11-10-8/h6-7H,4-5H2,1-3H3. The summed E-state index contributed by atoms with van der Waals surface area (Å²) in [4.78, 5) is 11.5. The Morgan fingerprint density at radius 3 is 2.85 bits per heavy atom. The largest absolute Gasteiger partial charge is 0.299 e. The summed E-state index contributed by atoms with van der Waals surface area (Å²) in [6.07, 6.45) is 3.07. The van der Waals surface area contributed by atoms with E-state index in [0.29, 0.717) is 6.42 Å². The molecule has 4 nitrogen and oxygen atoms in total. The SMILES string of the molecule is CCC(C)C(=O)Cc1cn(C)nn1. The van der Waals surface area contributed by atoms with E-state index in [1.807, 2.05) is 13.8 Å². The Morgan fingerprint density at radius 1 is 1.69 bits per heavy atom. The number of aromatic nitrogens is 3. The van der Waals surface area contributed by atoms with E-state index in [1.54, 1.807) is 17.9 Å². The quantitative estimate of drug-likeness (QED) is 0.695. The molecule has 1 aromatic heterocycles. The fourth-order valence-electron chi connectivity index (χ4n) is 1.06. The molecule has 0 fully saturated rings. The maximum atomic E-state index is 11.5. The summed E-state index contributed by atoms with van der Waals surface area (Å²) >= 11 is 0. The van der Waals surface area contributed by atoms with Gasteiger partial charge in [0.1, 0.15) is 5.78 Å². The number of carbonyl (C=O) groups is 1. The predicted octanol–water partition coefficient (Wildman–Crippen LogP) is 0.973. The second kappa shape index (κ2) is 4.16. The molecular formula is C9H15N3O. The molecule has 1 rings (SSSR count). The molecular weight excluding hydrogens is 166 g/mol. The molecule has 0 aliphatic rings. The van der Waals surface area contributed by atoms with Crippen LogP contribution in [0.3, 0.4) is 0 Å². The van der Waals surface area contributed by atoms with Crippen molar-refractivity contribution in [1.29, 1.82) is 0 Å². The fraction of sp³-hybridized carbons (Fsp3) is 0.667. The van der Waals surface area contributed by atoms with Gasteiger partial charge in [0.05, 0.1) is 12.1 Å². The van der Waals surface area contributed by atoms with Gasteiger partial charge in [-0.05, 0) is 6.42 Å². The van der Waals surface area contributed by atoms with Crippen LogP contribution in [0.1, 0.15) is 26.0 Å². The van der Waals surface area contributed by atoms with Crippen LogP contribution in [0.2, 0.25) is 0 Å². The number of ketones is 1. The Morgan fingerprint density at radius 2 is 2.38 bits per heavy atom. The van der Waals surface area contributed by atoms with Crippen molar-refractivity contribution < 1.29 is 4.79 Å². The highest BCUT2D eigenvalue weighted by Gasteiger charge is 2.12.